The van der Waals surface area contributed by atoms with Gasteiger partial charge in [0.15, 0.2) is 0 Å². The second-order valence-electron chi connectivity index (χ2n) is 7.97. The normalized spacial score (nSPS) is 18.2. The molecule has 0 saturated carbocycles. The summed E-state index contributed by atoms with van der Waals surface area (Å²) in [6.45, 7) is 8.70. The van der Waals surface area contributed by atoms with Crippen molar-refractivity contribution in [2.75, 3.05) is 54.1 Å². The first kappa shape index (κ1) is 21.5. The van der Waals surface area contributed by atoms with Crippen molar-refractivity contribution in [3.8, 4) is 5.75 Å². The Morgan fingerprint density at radius 3 is 2.63 bits per heavy atom. The Hall–Kier alpha value is -1.79. The van der Waals surface area contributed by atoms with Crippen LogP contribution in [-0.2, 0) is 10.3 Å². The van der Waals surface area contributed by atoms with Crippen LogP contribution in [0.3, 0.4) is 0 Å². The SMILES string of the molecule is COCCN1CCC[C@H](CN(C)C(=O)NC(C)(C)c2ccc(OC)cc2)C1. The van der Waals surface area contributed by atoms with Crippen LogP contribution in [0.25, 0.3) is 0 Å². The summed E-state index contributed by atoms with van der Waals surface area (Å²) in [7, 11) is 5.27. The maximum atomic E-state index is 12.7. The van der Waals surface area contributed by atoms with Gasteiger partial charge in [0.1, 0.15) is 5.75 Å². The van der Waals surface area contributed by atoms with Crippen LogP contribution >= 0.6 is 0 Å². The highest BCUT2D eigenvalue weighted by atomic mass is 16.5. The van der Waals surface area contributed by atoms with Crippen molar-refractivity contribution >= 4 is 6.03 Å². The number of rotatable bonds is 8. The lowest BCUT2D eigenvalue weighted by Crippen LogP contribution is -2.49. The van der Waals surface area contributed by atoms with E-state index in [4.69, 9.17) is 9.47 Å². The molecule has 6 nitrogen and oxygen atoms in total. The van der Waals surface area contributed by atoms with Crippen LogP contribution in [0.5, 0.6) is 5.75 Å². The van der Waals surface area contributed by atoms with Crippen LogP contribution < -0.4 is 10.1 Å². The Kier molecular flexibility index (Phi) is 7.92. The van der Waals surface area contributed by atoms with Crippen LogP contribution in [0.1, 0.15) is 32.3 Å². The highest BCUT2D eigenvalue weighted by Crippen LogP contribution is 2.23. The molecular formula is C21H35N3O3. The molecule has 0 aliphatic carbocycles. The van der Waals surface area contributed by atoms with Crippen LogP contribution in [0.4, 0.5) is 4.79 Å². The van der Waals surface area contributed by atoms with Gasteiger partial charge in [-0.2, -0.15) is 0 Å². The van der Waals surface area contributed by atoms with Crippen molar-refractivity contribution < 1.29 is 14.3 Å². The predicted molar refractivity (Wildman–Crippen MR) is 108 cm³/mol. The van der Waals surface area contributed by atoms with Crippen LogP contribution in [0.2, 0.25) is 0 Å². The molecule has 0 aromatic heterocycles. The first-order valence-corrected chi connectivity index (χ1v) is 9.75. The molecule has 0 bridgehead atoms. The Morgan fingerprint density at radius 1 is 1.30 bits per heavy atom. The average molecular weight is 378 g/mol. The fourth-order valence-electron chi connectivity index (χ4n) is 3.64. The number of urea groups is 1. The van der Waals surface area contributed by atoms with Gasteiger partial charge in [0.25, 0.3) is 0 Å². The third-order valence-corrected chi connectivity index (χ3v) is 5.32. The molecule has 0 spiro atoms. The van der Waals surface area contributed by atoms with Crippen LogP contribution in [-0.4, -0.2) is 69.9 Å². The zero-order valence-electron chi connectivity index (χ0n) is 17.5. The van der Waals surface area contributed by atoms with E-state index in [-0.39, 0.29) is 6.03 Å². The summed E-state index contributed by atoms with van der Waals surface area (Å²) in [5, 5.41) is 3.16. The quantitative estimate of drug-likeness (QED) is 0.757. The van der Waals surface area contributed by atoms with E-state index in [1.165, 1.54) is 12.8 Å². The number of carbonyl (C=O) groups is 1. The van der Waals surface area contributed by atoms with Gasteiger partial charge in [0.2, 0.25) is 0 Å². The monoisotopic (exact) mass is 377 g/mol. The van der Waals surface area contributed by atoms with E-state index in [0.29, 0.717) is 5.92 Å². The van der Waals surface area contributed by atoms with Crippen molar-refractivity contribution in [1.29, 1.82) is 0 Å². The smallest absolute Gasteiger partial charge is 0.317 e. The molecule has 1 N–H and O–H groups in total. The summed E-state index contributed by atoms with van der Waals surface area (Å²) in [5.74, 6) is 1.32. The Morgan fingerprint density at radius 2 is 2.00 bits per heavy atom. The molecule has 1 atom stereocenters. The van der Waals surface area contributed by atoms with E-state index in [0.717, 1.165) is 44.1 Å². The summed E-state index contributed by atoms with van der Waals surface area (Å²) >= 11 is 0. The number of hydrogen-bond donors (Lipinski definition) is 1. The molecule has 1 saturated heterocycles. The minimum Gasteiger partial charge on any atom is -0.497 e. The van der Waals surface area contributed by atoms with Gasteiger partial charge in [-0.25, -0.2) is 4.79 Å². The number of nitrogens with zero attached hydrogens (tertiary/aromatic N) is 2. The first-order valence-electron chi connectivity index (χ1n) is 9.75. The summed E-state index contributed by atoms with van der Waals surface area (Å²) in [6, 6.07) is 7.79. The molecule has 1 aliphatic rings. The molecular weight excluding hydrogens is 342 g/mol. The third-order valence-electron chi connectivity index (χ3n) is 5.32. The molecule has 152 valence electrons. The van der Waals surface area contributed by atoms with Gasteiger partial charge in [-0.15, -0.1) is 0 Å². The number of ether oxygens (including phenoxy) is 2. The lowest BCUT2D eigenvalue weighted by atomic mass is 9.94. The molecule has 1 aromatic carbocycles. The van der Waals surface area contributed by atoms with Crippen molar-refractivity contribution in [2.45, 2.75) is 32.2 Å². The average Bonchev–Trinajstić information content (AvgIpc) is 2.66. The lowest BCUT2D eigenvalue weighted by molar-refractivity contribution is 0.104. The summed E-state index contributed by atoms with van der Waals surface area (Å²) in [5.41, 5.74) is 0.600. The third kappa shape index (κ3) is 6.40. The van der Waals surface area contributed by atoms with E-state index in [2.05, 4.69) is 10.2 Å². The highest BCUT2D eigenvalue weighted by Gasteiger charge is 2.27. The van der Waals surface area contributed by atoms with Gasteiger partial charge in [-0.3, -0.25) is 0 Å². The molecule has 0 radical (unpaired) electrons. The summed E-state index contributed by atoms with van der Waals surface area (Å²) < 4.78 is 10.4. The number of methoxy groups -OCH3 is 2. The van der Waals surface area contributed by atoms with Crippen molar-refractivity contribution in [1.82, 2.24) is 15.1 Å². The predicted octanol–water partition coefficient (Wildman–Crippen LogP) is 2.93. The Balaban J connectivity index is 1.88. The number of nitrogens with one attached hydrogen (secondary N) is 1. The maximum Gasteiger partial charge on any atom is 0.317 e. The van der Waals surface area contributed by atoms with Gasteiger partial charge in [0, 0.05) is 33.8 Å². The van der Waals surface area contributed by atoms with E-state index in [9.17, 15) is 4.79 Å². The fourth-order valence-corrected chi connectivity index (χ4v) is 3.64. The van der Waals surface area contributed by atoms with Crippen molar-refractivity contribution in [3.63, 3.8) is 0 Å². The number of likely N-dealkylation sites (tertiary alicyclic amines) is 1. The van der Waals surface area contributed by atoms with Gasteiger partial charge in [0.05, 0.1) is 19.3 Å². The van der Waals surface area contributed by atoms with Gasteiger partial charge in [-0.1, -0.05) is 12.1 Å². The van der Waals surface area contributed by atoms with Crippen molar-refractivity contribution in [3.05, 3.63) is 29.8 Å². The van der Waals surface area contributed by atoms with Gasteiger partial charge >= 0.3 is 6.03 Å². The largest absolute Gasteiger partial charge is 0.497 e. The highest BCUT2D eigenvalue weighted by molar-refractivity contribution is 5.75. The summed E-state index contributed by atoms with van der Waals surface area (Å²) in [4.78, 5) is 17.0. The van der Waals surface area contributed by atoms with E-state index in [1.54, 1.807) is 14.2 Å². The molecule has 2 rings (SSSR count). The van der Waals surface area contributed by atoms with Crippen LogP contribution in [0, 0.1) is 5.92 Å². The number of piperidine rings is 1. The Bertz CT molecular complexity index is 589. The minimum atomic E-state index is -0.450. The fraction of sp³-hybridized carbons (Fsp3) is 0.667. The number of hydrogen-bond acceptors (Lipinski definition) is 4. The van der Waals surface area contributed by atoms with E-state index < -0.39 is 5.54 Å². The van der Waals surface area contributed by atoms with Gasteiger partial charge in [-0.05, 0) is 56.8 Å². The standard InChI is InChI=1S/C21H35N3O3/c1-21(2,18-8-10-19(27-5)11-9-18)22-20(25)23(3)15-17-7-6-12-24(16-17)13-14-26-4/h8-11,17H,6-7,12-16H2,1-5H3,(H,22,25)/t17-/m1/s1. The molecule has 1 fully saturated rings. The number of carbonyl (C=O) groups excluding carboxylic acids is 1. The second kappa shape index (κ2) is 9.95. The molecule has 0 unspecified atom stereocenters. The molecule has 27 heavy (non-hydrogen) atoms. The molecule has 1 heterocycles. The molecule has 1 aromatic rings. The zero-order valence-corrected chi connectivity index (χ0v) is 17.5. The molecule has 6 heteroatoms. The van der Waals surface area contributed by atoms with Crippen molar-refractivity contribution in [2.24, 2.45) is 5.92 Å². The molecule has 1 aliphatic heterocycles. The lowest BCUT2D eigenvalue weighted by Gasteiger charge is -2.36. The second-order valence-corrected chi connectivity index (χ2v) is 7.97. The maximum absolute atomic E-state index is 12.7. The van der Waals surface area contributed by atoms with Crippen LogP contribution in [0.15, 0.2) is 24.3 Å². The molecule has 2 amide bonds. The van der Waals surface area contributed by atoms with E-state index in [1.807, 2.05) is 50.1 Å². The van der Waals surface area contributed by atoms with E-state index >= 15 is 0 Å². The van der Waals surface area contributed by atoms with Gasteiger partial charge < -0.3 is 24.6 Å². The number of amides is 2. The first-order chi connectivity index (χ1) is 12.9. The topological polar surface area (TPSA) is 54.0 Å². The Labute approximate surface area is 163 Å². The minimum absolute atomic E-state index is 0.0372. The summed E-state index contributed by atoms with van der Waals surface area (Å²) in [6.07, 6.45) is 2.35. The zero-order chi connectivity index (χ0) is 19.9. The number of benzene rings is 1.